The Morgan fingerprint density at radius 1 is 0.437 bits per heavy atom. The first kappa shape index (κ1) is 100. The van der Waals surface area contributed by atoms with Crippen LogP contribution in [-0.2, 0) is 91.2 Å². The van der Waals surface area contributed by atoms with Crippen molar-refractivity contribution in [3.63, 3.8) is 0 Å². The maximum atomic E-state index is 15.3. The van der Waals surface area contributed by atoms with Crippen LogP contribution in [0.2, 0.25) is 0 Å². The number of carbonyl (C=O) groups is 15. The van der Waals surface area contributed by atoms with Crippen LogP contribution in [0.25, 0.3) is 0 Å². The van der Waals surface area contributed by atoms with Gasteiger partial charge in [-0.25, -0.2) is 0 Å². The first-order valence-electron chi connectivity index (χ1n) is 41.0. The number of amides is 8. The summed E-state index contributed by atoms with van der Waals surface area (Å²) in [5.41, 5.74) is 41.3. The summed E-state index contributed by atoms with van der Waals surface area (Å²) < 4.78 is 0. The van der Waals surface area contributed by atoms with Gasteiger partial charge in [-0.05, 0) is 98.1 Å². The number of nitrogens with one attached hydrogen (secondary N) is 7. The van der Waals surface area contributed by atoms with Gasteiger partial charge in [0.2, 0.25) is 47.3 Å². The number of carboxylic acid groups (broad SMARTS) is 1. The number of Topliss-reactive ketones (excluding diaryl/α,β-unsaturated/α-hetero) is 6. The number of hydrogen-bond acceptors (Lipinski definition) is 19. The predicted molar refractivity (Wildman–Crippen MR) is 455 cm³/mol. The van der Waals surface area contributed by atoms with Crippen molar-refractivity contribution in [1.29, 1.82) is 0 Å². The molecule has 0 saturated carbocycles. The summed E-state index contributed by atoms with van der Waals surface area (Å²) in [7, 11) is 0. The van der Waals surface area contributed by atoms with Gasteiger partial charge in [0.25, 0.3) is 0 Å². The minimum Gasteiger partial charge on any atom is -0.481 e. The van der Waals surface area contributed by atoms with Gasteiger partial charge < -0.3 is 82.5 Å². The van der Waals surface area contributed by atoms with Gasteiger partial charge in [0.15, 0.2) is 41.0 Å². The summed E-state index contributed by atoms with van der Waals surface area (Å²) in [6.07, 6.45) is -3.89. The highest BCUT2D eigenvalue weighted by Crippen LogP contribution is 2.31. The third-order valence-electron chi connectivity index (χ3n) is 21.2. The van der Waals surface area contributed by atoms with Crippen LogP contribution in [0.1, 0.15) is 181 Å². The van der Waals surface area contributed by atoms with E-state index in [0.29, 0.717) is 29.5 Å². The zero-order valence-electron chi connectivity index (χ0n) is 69.9. The Kier molecular flexibility index (Phi) is 44.5. The Bertz CT molecular complexity index is 3970. The van der Waals surface area contributed by atoms with E-state index in [0.717, 1.165) is 11.8 Å². The van der Waals surface area contributed by atoms with Gasteiger partial charge in [0.1, 0.15) is 29.7 Å². The Morgan fingerprint density at radius 2 is 0.882 bits per heavy atom. The number of thioether (sulfide) groups is 1. The maximum absolute atomic E-state index is 15.3. The van der Waals surface area contributed by atoms with Crippen molar-refractivity contribution < 1.29 is 77.0 Å². The van der Waals surface area contributed by atoms with Crippen molar-refractivity contribution in [2.75, 3.05) is 31.1 Å². The van der Waals surface area contributed by atoms with E-state index in [1.165, 1.54) is 0 Å². The quantitative estimate of drug-likeness (QED) is 0.0250. The average molecular weight is 1680 g/mol. The fourth-order valence-electron chi connectivity index (χ4n) is 14.1. The molecule has 4 rings (SSSR count). The molecule has 1 aliphatic rings. The van der Waals surface area contributed by atoms with Gasteiger partial charge in [0, 0.05) is 106 Å². The van der Waals surface area contributed by atoms with Crippen molar-refractivity contribution in [2.45, 2.75) is 226 Å². The minimum atomic E-state index is -1.92. The third-order valence-corrected chi connectivity index (χ3v) is 22.2. The van der Waals surface area contributed by atoms with E-state index in [1.54, 1.807) is 119 Å². The molecule has 119 heavy (non-hydrogen) atoms. The SMILES string of the molecule is CC[C@H](C)[C@@H]1CC(=O)[C@H](Cc2ccccc2)CC(=O)[C@H]([C@@H](C)CC)NC(=O)[C@H](CC(C)C)CC(=O)[C@H](Cc2ccccc2)NC(=O)CSC[C@@H](C(=O)CCC(N)=O)NC(=O)[C@H](CCCN=C(N)N)NC(=O)[C@H](Cc2ccccc2)NC(=O)[C@H](C(C)C)CC(=O)[C@H](CCCN=C(N)N)NC(=O)[C@H](CC(=O)O)NC(=O)[C@H](CCCN=C(N)N)CC1=O. The molecule has 22 N–H and O–H groups in total. The molecular weight excluding hydrogens is 1550 g/mol. The number of carbonyl (C=O) groups excluding carboxylic acids is 14. The Hall–Kier alpha value is -10.9. The average Bonchev–Trinajstić information content (AvgIpc) is 0.843. The molecule has 0 radical (unpaired) electrons. The molecule has 33 nitrogen and oxygen atoms in total. The zero-order valence-corrected chi connectivity index (χ0v) is 70.8. The normalized spacial score (nSPS) is 23.4. The fraction of sp³-hybridized carbons (Fsp3) is 0.576. The Labute approximate surface area is 701 Å². The van der Waals surface area contributed by atoms with Crippen molar-refractivity contribution in [3.8, 4) is 0 Å². The Morgan fingerprint density at radius 3 is 1.39 bits per heavy atom. The van der Waals surface area contributed by atoms with Gasteiger partial charge in [0.05, 0.1) is 36.3 Å². The largest absolute Gasteiger partial charge is 0.481 e. The highest BCUT2D eigenvalue weighted by molar-refractivity contribution is 8.00. The lowest BCUT2D eigenvalue weighted by Crippen LogP contribution is -2.57. The van der Waals surface area contributed by atoms with Crippen molar-refractivity contribution >= 4 is 118 Å². The predicted octanol–water partition coefficient (Wildman–Crippen LogP) is 3.00. The van der Waals surface area contributed by atoms with Crippen LogP contribution in [0, 0.1) is 53.3 Å². The molecule has 1 heterocycles. The minimum absolute atomic E-state index is 0.0234. The van der Waals surface area contributed by atoms with Crippen LogP contribution in [0.4, 0.5) is 0 Å². The van der Waals surface area contributed by atoms with Crippen LogP contribution in [0.5, 0.6) is 0 Å². The molecule has 1 saturated heterocycles. The van der Waals surface area contributed by atoms with E-state index >= 15 is 24.0 Å². The molecule has 654 valence electrons. The molecule has 0 aromatic heterocycles. The smallest absolute Gasteiger partial charge is 0.305 e. The highest BCUT2D eigenvalue weighted by atomic mass is 32.2. The molecule has 3 aromatic carbocycles. The molecule has 1 fully saturated rings. The van der Waals surface area contributed by atoms with Crippen molar-refractivity contribution in [1.82, 2.24) is 37.2 Å². The van der Waals surface area contributed by atoms with E-state index in [2.05, 4.69) is 52.2 Å². The molecule has 3 aromatic rings. The number of aliphatic carboxylic acids is 1. The number of guanidine groups is 3. The number of primary amides is 1. The van der Waals surface area contributed by atoms with E-state index in [1.807, 2.05) is 27.7 Å². The van der Waals surface area contributed by atoms with Gasteiger partial charge in [-0.3, -0.25) is 86.9 Å². The standard InChI is InChI=1S/C85H127N17O16S/c1-9-51(7)60-45-68(104)57(38-53-23-14-11-15-24-53)42-72(108)76(52(8)10-2)102-78(114)58(37-49(3)4)43-70(106)63(39-54-25-16-12-17-26-54)96-74(110)48-119-47-66(67(103)32-33-73(86)109)101-80(116)62(31-22-36-95-85(91)92)98-81(117)64(40-55-27-18-13-19-28-55)100-79(115)59(50(5)6)44-71(107)61(30-21-35-94-84(89)90)97-82(118)65(46-75(111)112)99-77(113)56(41-69(60)105)29-20-34-93-83(87)88/h11-19,23-28,49-52,56-66,76H,9-10,20-22,29-48H2,1-8H3,(H2,86,109)(H,96,110)(H,97,118)(H,98,117)(H,99,113)(H,100,115)(H,101,116)(H,102,114)(H,111,112)(H4,87,88,93)(H4,89,90,94)(H4,91,92,95)/t51-,52-,56+,57+,58+,59-,60-,61-,62-,63-,64-,65-,66-,76-/m0/s1. The number of carboxylic acids is 1. The second kappa shape index (κ2) is 52.8. The van der Waals surface area contributed by atoms with Crippen LogP contribution in [0.15, 0.2) is 106 Å². The summed E-state index contributed by atoms with van der Waals surface area (Å²) in [5, 5.41) is 29.5. The molecule has 0 spiro atoms. The molecule has 0 aliphatic carbocycles. The summed E-state index contributed by atoms with van der Waals surface area (Å²) in [6.45, 7) is 14.0. The number of ketones is 6. The summed E-state index contributed by atoms with van der Waals surface area (Å²) in [5.74, 6) is -21.2. The van der Waals surface area contributed by atoms with E-state index < -0.39 is 235 Å². The molecule has 34 heteroatoms. The van der Waals surface area contributed by atoms with Crippen LogP contribution < -0.4 is 77.4 Å². The van der Waals surface area contributed by atoms with Gasteiger partial charge in [-0.15, -0.1) is 11.8 Å². The summed E-state index contributed by atoms with van der Waals surface area (Å²) in [6, 6.07) is 15.8. The molecule has 0 bridgehead atoms. The number of benzene rings is 3. The van der Waals surface area contributed by atoms with E-state index in [-0.39, 0.29) is 113 Å². The first-order valence-corrected chi connectivity index (χ1v) is 42.2. The molecule has 1 aliphatic heterocycles. The lowest BCUT2D eigenvalue weighted by Gasteiger charge is -2.29. The summed E-state index contributed by atoms with van der Waals surface area (Å²) in [4.78, 5) is 231. The van der Waals surface area contributed by atoms with Crippen LogP contribution >= 0.6 is 11.8 Å². The fourth-order valence-corrected chi connectivity index (χ4v) is 15.0. The molecule has 0 unspecified atom stereocenters. The van der Waals surface area contributed by atoms with E-state index in [4.69, 9.17) is 40.1 Å². The molecule has 8 amide bonds. The second-order valence-electron chi connectivity index (χ2n) is 31.7. The van der Waals surface area contributed by atoms with Crippen molar-refractivity contribution in [3.05, 3.63) is 108 Å². The van der Waals surface area contributed by atoms with E-state index in [9.17, 15) is 53.1 Å². The first-order chi connectivity index (χ1) is 56.4. The van der Waals surface area contributed by atoms with Crippen molar-refractivity contribution in [2.24, 2.45) is 108 Å². The third kappa shape index (κ3) is 37.7. The van der Waals surface area contributed by atoms with Crippen LogP contribution in [-0.4, -0.2) is 184 Å². The maximum Gasteiger partial charge on any atom is 0.305 e. The monoisotopic (exact) mass is 1670 g/mol. The Balaban J connectivity index is 1.99. The van der Waals surface area contributed by atoms with Gasteiger partial charge in [-0.2, -0.15) is 0 Å². The highest BCUT2D eigenvalue weighted by Gasteiger charge is 2.41. The molecular formula is C85H127N17O16S. The van der Waals surface area contributed by atoms with Crippen LogP contribution in [0.3, 0.4) is 0 Å². The van der Waals surface area contributed by atoms with Gasteiger partial charge in [-0.1, -0.05) is 159 Å². The number of nitrogens with zero attached hydrogens (tertiary/aromatic N) is 3. The molecule has 14 atom stereocenters. The lowest BCUT2D eigenvalue weighted by atomic mass is 9.76. The lowest BCUT2D eigenvalue weighted by molar-refractivity contribution is -0.142. The number of rotatable bonds is 31. The summed E-state index contributed by atoms with van der Waals surface area (Å²) >= 11 is 0.889. The number of nitrogens with two attached hydrogens (primary N) is 7. The number of aliphatic imine (C=N–C) groups is 3. The topological polar surface area (TPSA) is 580 Å². The number of hydrogen-bond donors (Lipinski definition) is 15. The second-order valence-corrected chi connectivity index (χ2v) is 32.7. The van der Waals surface area contributed by atoms with Gasteiger partial charge >= 0.3 is 5.97 Å². The zero-order chi connectivity index (χ0) is 88.4.